The Balaban J connectivity index is 1.58. The molecule has 0 N–H and O–H groups in total. The van der Waals surface area contributed by atoms with E-state index in [-0.39, 0.29) is 12.2 Å². The number of nitrogens with zero attached hydrogens (tertiary/aromatic N) is 3. The summed E-state index contributed by atoms with van der Waals surface area (Å²) >= 11 is 0. The van der Waals surface area contributed by atoms with Crippen molar-refractivity contribution < 1.29 is 22.7 Å². The van der Waals surface area contributed by atoms with Crippen LogP contribution in [0.4, 0.5) is 10.5 Å². The minimum absolute atomic E-state index is 0.140. The Hall–Kier alpha value is -2.00. The summed E-state index contributed by atoms with van der Waals surface area (Å²) in [7, 11) is -3.16. The van der Waals surface area contributed by atoms with Gasteiger partial charge in [-0.25, -0.2) is 13.2 Å². The van der Waals surface area contributed by atoms with Crippen LogP contribution in [0.1, 0.15) is 20.8 Å². The number of benzene rings is 1. The van der Waals surface area contributed by atoms with E-state index in [1.54, 1.807) is 4.90 Å². The van der Waals surface area contributed by atoms with Crippen LogP contribution in [0.15, 0.2) is 24.3 Å². The first-order chi connectivity index (χ1) is 13.0. The van der Waals surface area contributed by atoms with Gasteiger partial charge in [0.2, 0.25) is 10.0 Å². The fourth-order valence-corrected chi connectivity index (χ4v) is 4.07. The number of hydrogen-bond donors (Lipinski definition) is 0. The van der Waals surface area contributed by atoms with Crippen molar-refractivity contribution in [3.05, 3.63) is 24.3 Å². The molecule has 0 aliphatic carbocycles. The zero-order chi connectivity index (χ0) is 20.5. The molecule has 1 aromatic carbocycles. The van der Waals surface area contributed by atoms with Gasteiger partial charge in [-0.15, -0.1) is 0 Å². The maximum Gasteiger partial charge on any atom is 0.410 e. The first-order valence-electron chi connectivity index (χ1n) is 9.46. The number of rotatable bonds is 4. The molecule has 0 spiro atoms. The van der Waals surface area contributed by atoms with Crippen molar-refractivity contribution in [2.45, 2.75) is 32.5 Å². The zero-order valence-electron chi connectivity index (χ0n) is 16.9. The van der Waals surface area contributed by atoms with Gasteiger partial charge in [-0.05, 0) is 32.9 Å². The van der Waals surface area contributed by atoms with E-state index in [4.69, 9.17) is 9.47 Å². The summed E-state index contributed by atoms with van der Waals surface area (Å²) in [5.74, 6) is 0.742. The summed E-state index contributed by atoms with van der Waals surface area (Å²) in [6.07, 6.45) is 0.785. The van der Waals surface area contributed by atoms with Crippen LogP contribution in [0.25, 0.3) is 0 Å². The average molecular weight is 412 g/mol. The van der Waals surface area contributed by atoms with Gasteiger partial charge in [-0.3, -0.25) is 0 Å². The Labute approximate surface area is 167 Å². The van der Waals surface area contributed by atoms with Crippen LogP contribution in [0.5, 0.6) is 5.75 Å². The van der Waals surface area contributed by atoms with Crippen molar-refractivity contribution >= 4 is 21.8 Å². The van der Waals surface area contributed by atoms with Crippen LogP contribution in [0, 0.1) is 0 Å². The monoisotopic (exact) mass is 411 g/mol. The van der Waals surface area contributed by atoms with E-state index in [0.717, 1.165) is 11.4 Å². The predicted molar refractivity (Wildman–Crippen MR) is 107 cm³/mol. The second-order valence-electron chi connectivity index (χ2n) is 8.24. The molecule has 0 bridgehead atoms. The molecule has 2 saturated heterocycles. The second-order valence-corrected chi connectivity index (χ2v) is 10.2. The van der Waals surface area contributed by atoms with Gasteiger partial charge in [0.25, 0.3) is 0 Å². The molecular formula is C19H29N3O5S. The number of amides is 1. The lowest BCUT2D eigenvalue weighted by Gasteiger charge is -2.39. The maximum atomic E-state index is 12.2. The Kier molecular flexibility index (Phi) is 5.77. The van der Waals surface area contributed by atoms with Crippen LogP contribution < -0.4 is 9.64 Å². The molecule has 156 valence electrons. The highest BCUT2D eigenvalue weighted by Crippen LogP contribution is 2.31. The van der Waals surface area contributed by atoms with Gasteiger partial charge in [0, 0.05) is 26.2 Å². The normalized spacial score (nSPS) is 19.3. The molecule has 0 saturated carbocycles. The van der Waals surface area contributed by atoms with Gasteiger partial charge in [0.1, 0.15) is 17.5 Å². The third-order valence-corrected chi connectivity index (χ3v) is 5.95. The standard InChI is InChI=1S/C19H29N3O5S/c1-19(2,3)27-18(23)21-11-9-20(10-12-21)16-7-5-6-8-17(16)26-15-13-22(14-15)28(4,24)25/h5-8,15H,9-14H2,1-4H3. The lowest BCUT2D eigenvalue weighted by Crippen LogP contribution is -2.55. The molecule has 28 heavy (non-hydrogen) atoms. The Bertz CT molecular complexity index is 807. The van der Waals surface area contributed by atoms with Crippen LogP contribution in [-0.2, 0) is 14.8 Å². The molecule has 3 rings (SSSR count). The Morgan fingerprint density at radius 2 is 1.68 bits per heavy atom. The van der Waals surface area contributed by atoms with E-state index in [1.807, 2.05) is 45.0 Å². The Morgan fingerprint density at radius 3 is 2.25 bits per heavy atom. The van der Waals surface area contributed by atoms with Crippen molar-refractivity contribution in [1.29, 1.82) is 0 Å². The third-order valence-electron chi connectivity index (χ3n) is 4.71. The lowest BCUT2D eigenvalue weighted by molar-refractivity contribution is 0.0240. The van der Waals surface area contributed by atoms with E-state index < -0.39 is 15.6 Å². The summed E-state index contributed by atoms with van der Waals surface area (Å²) in [5.41, 5.74) is 0.459. The average Bonchev–Trinajstić information content (AvgIpc) is 2.55. The topological polar surface area (TPSA) is 79.4 Å². The molecule has 2 aliphatic heterocycles. The number of piperazine rings is 1. The number of hydrogen-bond acceptors (Lipinski definition) is 6. The maximum absolute atomic E-state index is 12.2. The molecule has 1 aromatic rings. The number of sulfonamides is 1. The smallest absolute Gasteiger partial charge is 0.410 e. The lowest BCUT2D eigenvalue weighted by atomic mass is 10.2. The number of ether oxygens (including phenoxy) is 2. The molecular weight excluding hydrogens is 382 g/mol. The first kappa shape index (κ1) is 20.7. The molecule has 0 atom stereocenters. The molecule has 0 unspecified atom stereocenters. The highest BCUT2D eigenvalue weighted by atomic mass is 32.2. The third kappa shape index (κ3) is 5.08. The van der Waals surface area contributed by atoms with Gasteiger partial charge in [-0.2, -0.15) is 4.31 Å². The first-order valence-corrected chi connectivity index (χ1v) is 11.3. The molecule has 0 radical (unpaired) electrons. The van der Waals surface area contributed by atoms with Crippen LogP contribution in [0.3, 0.4) is 0 Å². The van der Waals surface area contributed by atoms with Crippen LogP contribution >= 0.6 is 0 Å². The Morgan fingerprint density at radius 1 is 1.07 bits per heavy atom. The van der Waals surface area contributed by atoms with E-state index in [9.17, 15) is 13.2 Å². The predicted octanol–water partition coefficient (Wildman–Crippen LogP) is 1.77. The molecule has 1 amide bonds. The fourth-order valence-electron chi connectivity index (χ4n) is 3.20. The largest absolute Gasteiger partial charge is 0.485 e. The molecule has 2 fully saturated rings. The minimum Gasteiger partial charge on any atom is -0.485 e. The highest BCUT2D eigenvalue weighted by Gasteiger charge is 2.35. The van der Waals surface area contributed by atoms with Crippen LogP contribution in [-0.4, -0.2) is 80.9 Å². The van der Waals surface area contributed by atoms with E-state index >= 15 is 0 Å². The molecule has 2 aliphatic rings. The summed E-state index contributed by atoms with van der Waals surface area (Å²) in [5, 5.41) is 0. The molecule has 9 heteroatoms. The summed E-state index contributed by atoms with van der Waals surface area (Å²) in [6, 6.07) is 7.75. The number of para-hydroxylation sites is 2. The summed E-state index contributed by atoms with van der Waals surface area (Å²) in [4.78, 5) is 16.1. The minimum atomic E-state index is -3.16. The molecule has 2 heterocycles. The molecule has 0 aromatic heterocycles. The number of anilines is 1. The second kappa shape index (κ2) is 7.79. The van der Waals surface area contributed by atoms with E-state index in [0.29, 0.717) is 39.3 Å². The van der Waals surface area contributed by atoms with Gasteiger partial charge >= 0.3 is 6.09 Å². The van der Waals surface area contributed by atoms with Crippen molar-refractivity contribution in [3.8, 4) is 5.75 Å². The number of carbonyl (C=O) groups excluding carboxylic acids is 1. The van der Waals surface area contributed by atoms with Gasteiger partial charge in [0.05, 0.1) is 25.0 Å². The summed E-state index contributed by atoms with van der Waals surface area (Å²) in [6.45, 7) is 8.85. The fraction of sp³-hybridized carbons (Fsp3) is 0.632. The van der Waals surface area contributed by atoms with Crippen molar-refractivity contribution in [1.82, 2.24) is 9.21 Å². The zero-order valence-corrected chi connectivity index (χ0v) is 17.7. The van der Waals surface area contributed by atoms with Crippen molar-refractivity contribution in [3.63, 3.8) is 0 Å². The quantitative estimate of drug-likeness (QED) is 0.751. The van der Waals surface area contributed by atoms with E-state index in [1.165, 1.54) is 10.6 Å². The van der Waals surface area contributed by atoms with Gasteiger partial charge in [0.15, 0.2) is 0 Å². The molecule has 8 nitrogen and oxygen atoms in total. The number of carbonyl (C=O) groups is 1. The van der Waals surface area contributed by atoms with Crippen molar-refractivity contribution in [2.24, 2.45) is 0 Å². The van der Waals surface area contributed by atoms with Crippen molar-refractivity contribution in [2.75, 3.05) is 50.4 Å². The highest BCUT2D eigenvalue weighted by molar-refractivity contribution is 7.88. The van der Waals surface area contributed by atoms with E-state index in [2.05, 4.69) is 4.90 Å². The summed E-state index contributed by atoms with van der Waals surface area (Å²) < 4.78 is 35.9. The van der Waals surface area contributed by atoms with Gasteiger partial charge in [-0.1, -0.05) is 12.1 Å². The SMILES string of the molecule is CC(C)(C)OC(=O)N1CCN(c2ccccc2OC2CN(S(C)(=O)=O)C2)CC1. The van der Waals surface area contributed by atoms with Gasteiger partial charge < -0.3 is 19.3 Å². The van der Waals surface area contributed by atoms with Crippen LogP contribution in [0.2, 0.25) is 0 Å².